The Morgan fingerprint density at radius 2 is 1.61 bits per heavy atom. The molecule has 6 nitrogen and oxygen atoms in total. The van der Waals surface area contributed by atoms with E-state index in [0.29, 0.717) is 5.69 Å². The van der Waals surface area contributed by atoms with Crippen LogP contribution in [0, 0.1) is 0 Å². The SMILES string of the molecule is O=C(Nc1ccc(C(=O)O)nc1Br)OCC1c2ccccc2-c2ccccc21. The summed E-state index contributed by atoms with van der Waals surface area (Å²) < 4.78 is 5.68. The molecule has 7 heteroatoms. The lowest BCUT2D eigenvalue weighted by molar-refractivity contribution is 0.0690. The number of nitrogens with zero attached hydrogens (tertiary/aromatic N) is 1. The Morgan fingerprint density at radius 3 is 2.18 bits per heavy atom. The average molecular weight is 439 g/mol. The molecule has 0 unspecified atom stereocenters. The number of rotatable bonds is 4. The number of carbonyl (C=O) groups is 2. The summed E-state index contributed by atoms with van der Waals surface area (Å²) in [6, 6.07) is 19.0. The van der Waals surface area contributed by atoms with Gasteiger partial charge in [0, 0.05) is 5.92 Å². The van der Waals surface area contributed by atoms with E-state index in [4.69, 9.17) is 9.84 Å². The summed E-state index contributed by atoms with van der Waals surface area (Å²) in [6.07, 6.45) is -0.632. The van der Waals surface area contributed by atoms with Gasteiger partial charge < -0.3 is 9.84 Å². The van der Waals surface area contributed by atoms with Gasteiger partial charge in [-0.15, -0.1) is 0 Å². The maximum atomic E-state index is 12.3. The van der Waals surface area contributed by atoms with E-state index in [1.165, 1.54) is 12.1 Å². The molecule has 3 aromatic rings. The van der Waals surface area contributed by atoms with Gasteiger partial charge in [0.1, 0.15) is 16.9 Å². The molecule has 0 fully saturated rings. The number of benzene rings is 2. The minimum Gasteiger partial charge on any atom is -0.477 e. The van der Waals surface area contributed by atoms with Gasteiger partial charge in [-0.1, -0.05) is 48.5 Å². The summed E-state index contributed by atoms with van der Waals surface area (Å²) in [7, 11) is 0. The molecule has 0 radical (unpaired) electrons. The Labute approximate surface area is 169 Å². The molecule has 0 spiro atoms. The molecule has 0 saturated heterocycles. The quantitative estimate of drug-likeness (QED) is 0.565. The third kappa shape index (κ3) is 3.36. The van der Waals surface area contributed by atoms with Crippen LogP contribution in [0.25, 0.3) is 11.1 Å². The second-order valence-corrected chi connectivity index (χ2v) is 7.04. The van der Waals surface area contributed by atoms with Crippen LogP contribution in [0.5, 0.6) is 0 Å². The predicted octanol–water partition coefficient (Wildman–Crippen LogP) is 4.90. The van der Waals surface area contributed by atoms with E-state index < -0.39 is 12.1 Å². The minimum absolute atomic E-state index is 0.0332. The van der Waals surface area contributed by atoms with Gasteiger partial charge >= 0.3 is 12.1 Å². The summed E-state index contributed by atoms with van der Waals surface area (Å²) in [5.74, 6) is -1.18. The van der Waals surface area contributed by atoms with E-state index in [0.717, 1.165) is 22.3 Å². The number of carboxylic acid groups (broad SMARTS) is 1. The number of halogens is 1. The van der Waals surface area contributed by atoms with Gasteiger partial charge in [-0.05, 0) is 50.3 Å². The molecular formula is C21H15BrN2O4. The van der Waals surface area contributed by atoms with Crippen LogP contribution >= 0.6 is 15.9 Å². The zero-order valence-electron chi connectivity index (χ0n) is 14.6. The highest BCUT2D eigenvalue weighted by Crippen LogP contribution is 2.44. The van der Waals surface area contributed by atoms with Gasteiger partial charge in [-0.3, -0.25) is 5.32 Å². The molecule has 0 atom stereocenters. The van der Waals surface area contributed by atoms with Crippen LogP contribution in [0.15, 0.2) is 65.3 Å². The smallest absolute Gasteiger partial charge is 0.411 e. The predicted molar refractivity (Wildman–Crippen MR) is 108 cm³/mol. The van der Waals surface area contributed by atoms with E-state index in [9.17, 15) is 9.59 Å². The van der Waals surface area contributed by atoms with Crippen molar-refractivity contribution in [3.8, 4) is 11.1 Å². The molecule has 28 heavy (non-hydrogen) atoms. The molecule has 2 aromatic carbocycles. The lowest BCUT2D eigenvalue weighted by Crippen LogP contribution is -2.18. The van der Waals surface area contributed by atoms with Crippen molar-refractivity contribution < 1.29 is 19.4 Å². The standard InChI is InChI=1S/C21H15BrN2O4/c22-19-17(9-10-18(23-19)20(25)26)24-21(27)28-11-16-14-7-3-1-5-12(14)13-6-2-4-8-15(13)16/h1-10,16H,11H2,(H,24,27)(H,25,26). The number of pyridine rings is 1. The van der Waals surface area contributed by atoms with Crippen molar-refractivity contribution in [3.63, 3.8) is 0 Å². The highest BCUT2D eigenvalue weighted by atomic mass is 79.9. The molecule has 0 bridgehead atoms. The second-order valence-electron chi connectivity index (χ2n) is 6.29. The Balaban J connectivity index is 1.48. The van der Waals surface area contributed by atoms with Crippen LogP contribution in [-0.4, -0.2) is 28.8 Å². The van der Waals surface area contributed by atoms with Crippen molar-refractivity contribution in [1.82, 2.24) is 4.98 Å². The molecule has 1 aromatic heterocycles. The van der Waals surface area contributed by atoms with Crippen molar-refractivity contribution in [2.24, 2.45) is 0 Å². The number of fused-ring (bicyclic) bond motifs is 3. The fourth-order valence-corrected chi connectivity index (χ4v) is 3.81. The van der Waals surface area contributed by atoms with E-state index in [-0.39, 0.29) is 22.8 Å². The first-order valence-corrected chi connectivity index (χ1v) is 9.35. The fraction of sp³-hybridized carbons (Fsp3) is 0.0952. The van der Waals surface area contributed by atoms with Gasteiger partial charge in [-0.25, -0.2) is 14.6 Å². The maximum absolute atomic E-state index is 12.3. The summed E-state index contributed by atoms with van der Waals surface area (Å²) in [4.78, 5) is 27.1. The average Bonchev–Trinajstić information content (AvgIpc) is 3.02. The van der Waals surface area contributed by atoms with E-state index in [2.05, 4.69) is 38.4 Å². The second kappa shape index (κ2) is 7.44. The molecule has 1 aliphatic carbocycles. The van der Waals surface area contributed by atoms with Crippen LogP contribution in [0.2, 0.25) is 0 Å². The van der Waals surface area contributed by atoms with E-state index in [1.807, 2.05) is 36.4 Å². The van der Waals surface area contributed by atoms with Crippen LogP contribution in [-0.2, 0) is 4.74 Å². The molecule has 2 N–H and O–H groups in total. The zero-order chi connectivity index (χ0) is 19.7. The van der Waals surface area contributed by atoms with Crippen LogP contribution in [0.4, 0.5) is 10.5 Å². The zero-order valence-corrected chi connectivity index (χ0v) is 16.1. The van der Waals surface area contributed by atoms with Crippen molar-refractivity contribution in [3.05, 3.63) is 82.1 Å². The molecule has 1 amide bonds. The number of carbonyl (C=O) groups excluding carboxylic acids is 1. The highest BCUT2D eigenvalue weighted by Gasteiger charge is 2.29. The Bertz CT molecular complexity index is 1040. The molecule has 1 heterocycles. The molecule has 4 rings (SSSR count). The van der Waals surface area contributed by atoms with Gasteiger partial charge in [0.2, 0.25) is 0 Å². The largest absolute Gasteiger partial charge is 0.477 e. The number of carboxylic acids is 1. The summed E-state index contributed by atoms with van der Waals surface area (Å²) in [5, 5.41) is 11.5. The van der Waals surface area contributed by atoms with Crippen LogP contribution in [0.3, 0.4) is 0 Å². The van der Waals surface area contributed by atoms with Crippen molar-refractivity contribution in [2.45, 2.75) is 5.92 Å². The Hall–Kier alpha value is -3.19. The van der Waals surface area contributed by atoms with Crippen molar-refractivity contribution in [1.29, 1.82) is 0 Å². The Kier molecular flexibility index (Phi) is 4.83. The molecule has 1 aliphatic rings. The number of aromatic carboxylic acids is 1. The molecule has 140 valence electrons. The minimum atomic E-state index is -1.15. The van der Waals surface area contributed by atoms with Gasteiger partial charge in [0.05, 0.1) is 5.69 Å². The van der Waals surface area contributed by atoms with Crippen LogP contribution in [0.1, 0.15) is 27.5 Å². The maximum Gasteiger partial charge on any atom is 0.411 e. The van der Waals surface area contributed by atoms with E-state index >= 15 is 0 Å². The third-order valence-corrected chi connectivity index (χ3v) is 5.25. The number of hydrogen-bond acceptors (Lipinski definition) is 4. The van der Waals surface area contributed by atoms with Crippen molar-refractivity contribution in [2.75, 3.05) is 11.9 Å². The van der Waals surface area contributed by atoms with Gasteiger partial charge in [0.25, 0.3) is 0 Å². The lowest BCUT2D eigenvalue weighted by Gasteiger charge is -2.15. The highest BCUT2D eigenvalue weighted by molar-refractivity contribution is 9.10. The first-order valence-electron chi connectivity index (χ1n) is 8.56. The lowest BCUT2D eigenvalue weighted by atomic mass is 9.98. The number of ether oxygens (including phenoxy) is 1. The fourth-order valence-electron chi connectivity index (χ4n) is 3.39. The van der Waals surface area contributed by atoms with E-state index in [1.54, 1.807) is 0 Å². The van der Waals surface area contributed by atoms with Gasteiger partial charge in [-0.2, -0.15) is 0 Å². The van der Waals surface area contributed by atoms with Crippen molar-refractivity contribution >= 4 is 33.7 Å². The Morgan fingerprint density at radius 1 is 1.00 bits per heavy atom. The number of hydrogen-bond donors (Lipinski definition) is 2. The summed E-state index contributed by atoms with van der Waals surface area (Å²) in [5.41, 5.74) is 4.79. The normalized spacial score (nSPS) is 12.2. The first-order chi connectivity index (χ1) is 13.5. The third-order valence-electron chi connectivity index (χ3n) is 4.65. The molecule has 0 aliphatic heterocycles. The number of amides is 1. The first kappa shape index (κ1) is 18.2. The number of anilines is 1. The summed E-state index contributed by atoms with van der Waals surface area (Å²) in [6.45, 7) is 0.193. The number of aromatic nitrogens is 1. The van der Waals surface area contributed by atoms with Crippen LogP contribution < -0.4 is 5.32 Å². The monoisotopic (exact) mass is 438 g/mol. The molecular weight excluding hydrogens is 424 g/mol. The van der Waals surface area contributed by atoms with Gasteiger partial charge in [0.15, 0.2) is 0 Å². The topological polar surface area (TPSA) is 88.5 Å². The number of nitrogens with one attached hydrogen (secondary N) is 1. The molecule has 0 saturated carbocycles. The summed E-state index contributed by atoms with van der Waals surface area (Å²) >= 11 is 3.16.